The van der Waals surface area contributed by atoms with Crippen LogP contribution in [0, 0.1) is 18.7 Å². The largest absolute Gasteiger partial charge is 0.508 e. The van der Waals surface area contributed by atoms with Gasteiger partial charge in [0.05, 0.1) is 12.3 Å². The fourth-order valence-corrected chi connectivity index (χ4v) is 9.62. The van der Waals surface area contributed by atoms with Crippen molar-refractivity contribution in [3.63, 3.8) is 0 Å². The summed E-state index contributed by atoms with van der Waals surface area (Å²) in [6.07, 6.45) is 2.70. The van der Waals surface area contributed by atoms with E-state index in [0.717, 1.165) is 62.4 Å². The van der Waals surface area contributed by atoms with Gasteiger partial charge in [-0.1, -0.05) is 48.0 Å². The monoisotopic (exact) mass is 757 g/mol. The zero-order valence-corrected chi connectivity index (χ0v) is 31.8. The predicted octanol–water partition coefficient (Wildman–Crippen LogP) is 5.95. The summed E-state index contributed by atoms with van der Waals surface area (Å²) < 4.78 is 21.7. The number of nitrogens with zero attached hydrogens (tertiary/aromatic N) is 4. The summed E-state index contributed by atoms with van der Waals surface area (Å²) in [6, 6.07) is 25.6. The van der Waals surface area contributed by atoms with Crippen LogP contribution in [0.15, 0.2) is 78.9 Å². The SMILES string of the molecule is Cc1cccc([C@@H]2COc3cc(O)ccc3[C@@H]2c2ccc(N3CCC(CN4CCN(c5cc6c(cc5F)C(=O)N([C@H]5CCC(=O)NC5=O)C6)CC4)CC3)cc2)c1. The zero-order chi connectivity index (χ0) is 38.5. The van der Waals surface area contributed by atoms with Crippen LogP contribution in [-0.2, 0) is 16.1 Å². The van der Waals surface area contributed by atoms with Crippen LogP contribution in [0.1, 0.15) is 75.7 Å². The van der Waals surface area contributed by atoms with E-state index in [0.29, 0.717) is 36.9 Å². The van der Waals surface area contributed by atoms with Crippen LogP contribution in [0.2, 0.25) is 0 Å². The summed E-state index contributed by atoms with van der Waals surface area (Å²) >= 11 is 0. The molecule has 2 N–H and O–H groups in total. The molecule has 5 aliphatic heterocycles. The molecule has 3 saturated heterocycles. The minimum atomic E-state index is -0.716. The van der Waals surface area contributed by atoms with Gasteiger partial charge < -0.3 is 24.5 Å². The Morgan fingerprint density at radius 3 is 2.38 bits per heavy atom. The molecular formula is C45H48FN5O5. The summed E-state index contributed by atoms with van der Waals surface area (Å²) in [5, 5.41) is 12.5. The molecule has 0 aromatic heterocycles. The fourth-order valence-electron chi connectivity index (χ4n) is 9.62. The summed E-state index contributed by atoms with van der Waals surface area (Å²) in [4.78, 5) is 45.8. The lowest BCUT2D eigenvalue weighted by atomic mass is 9.75. The maximum absolute atomic E-state index is 15.5. The van der Waals surface area contributed by atoms with E-state index < -0.39 is 17.8 Å². The number of amides is 3. The number of carbonyl (C=O) groups is 3. The van der Waals surface area contributed by atoms with Crippen molar-refractivity contribution in [3.8, 4) is 11.5 Å². The van der Waals surface area contributed by atoms with Gasteiger partial charge in [-0.05, 0) is 79.1 Å². The molecule has 3 atom stereocenters. The Morgan fingerprint density at radius 1 is 0.839 bits per heavy atom. The summed E-state index contributed by atoms with van der Waals surface area (Å²) in [6.45, 7) is 9.05. The summed E-state index contributed by atoms with van der Waals surface area (Å²) in [5.74, 6) is 0.265. The van der Waals surface area contributed by atoms with Gasteiger partial charge in [0.2, 0.25) is 11.8 Å². The number of hydrogen-bond acceptors (Lipinski definition) is 8. The van der Waals surface area contributed by atoms with E-state index in [1.807, 2.05) is 6.07 Å². The van der Waals surface area contributed by atoms with E-state index in [2.05, 4.69) is 75.5 Å². The first-order valence-electron chi connectivity index (χ1n) is 20.0. The Balaban J connectivity index is 0.794. The first-order valence-corrected chi connectivity index (χ1v) is 20.0. The molecule has 11 heteroatoms. The van der Waals surface area contributed by atoms with Crippen LogP contribution in [0.25, 0.3) is 0 Å². The van der Waals surface area contributed by atoms with Gasteiger partial charge in [-0.25, -0.2) is 4.39 Å². The molecule has 4 aromatic carbocycles. The number of phenols is 1. The third-order valence-electron chi connectivity index (χ3n) is 12.7. The van der Waals surface area contributed by atoms with Gasteiger partial charge in [-0.15, -0.1) is 0 Å². The van der Waals surface area contributed by atoms with Gasteiger partial charge in [-0.2, -0.15) is 0 Å². The Kier molecular flexibility index (Phi) is 9.65. The van der Waals surface area contributed by atoms with Crippen molar-refractivity contribution >= 4 is 29.1 Å². The molecule has 4 aromatic rings. The number of aryl methyl sites for hydroxylation is 1. The van der Waals surface area contributed by atoms with Crippen molar-refractivity contribution in [3.05, 3.63) is 118 Å². The molecule has 0 bridgehead atoms. The first kappa shape index (κ1) is 36.2. The van der Waals surface area contributed by atoms with E-state index in [1.54, 1.807) is 18.2 Å². The molecule has 290 valence electrons. The van der Waals surface area contributed by atoms with Gasteiger partial charge in [0, 0.05) is 93.5 Å². The number of piperazine rings is 1. The maximum Gasteiger partial charge on any atom is 0.255 e. The summed E-state index contributed by atoms with van der Waals surface area (Å²) in [5.41, 5.74) is 7.60. The van der Waals surface area contributed by atoms with E-state index >= 15 is 4.39 Å². The Bertz CT molecular complexity index is 2160. The molecule has 3 fully saturated rings. The molecule has 0 saturated carbocycles. The van der Waals surface area contributed by atoms with Crippen LogP contribution in [0.4, 0.5) is 15.8 Å². The highest BCUT2D eigenvalue weighted by Gasteiger charge is 2.40. The number of ether oxygens (including phenoxy) is 1. The number of anilines is 2. The number of nitrogens with one attached hydrogen (secondary N) is 1. The second kappa shape index (κ2) is 14.9. The topological polar surface area (TPSA) is 106 Å². The van der Waals surface area contributed by atoms with E-state index in [1.165, 1.54) is 33.3 Å². The molecule has 3 amide bonds. The molecule has 0 aliphatic carbocycles. The van der Waals surface area contributed by atoms with Gasteiger partial charge in [0.15, 0.2) is 0 Å². The van der Waals surface area contributed by atoms with Gasteiger partial charge >= 0.3 is 0 Å². The third-order valence-corrected chi connectivity index (χ3v) is 12.7. The highest BCUT2D eigenvalue weighted by atomic mass is 19.1. The molecule has 10 nitrogen and oxygen atoms in total. The average molecular weight is 758 g/mol. The number of piperidine rings is 2. The van der Waals surface area contributed by atoms with Crippen molar-refractivity contribution in [2.75, 3.05) is 62.2 Å². The minimum absolute atomic E-state index is 0.111. The number of halogens is 1. The predicted molar refractivity (Wildman–Crippen MR) is 212 cm³/mol. The maximum atomic E-state index is 15.5. The van der Waals surface area contributed by atoms with Crippen molar-refractivity contribution in [1.82, 2.24) is 15.1 Å². The highest BCUT2D eigenvalue weighted by molar-refractivity contribution is 6.05. The number of benzene rings is 4. The Labute approximate surface area is 326 Å². The summed E-state index contributed by atoms with van der Waals surface area (Å²) in [7, 11) is 0. The number of hydrogen-bond donors (Lipinski definition) is 2. The Hall–Kier alpha value is -5.42. The fraction of sp³-hybridized carbons (Fsp3) is 0.400. The number of carbonyl (C=O) groups excluding carboxylic acids is 3. The van der Waals surface area contributed by atoms with Crippen molar-refractivity contribution < 1.29 is 28.6 Å². The van der Waals surface area contributed by atoms with Gasteiger partial charge in [0.1, 0.15) is 23.4 Å². The van der Waals surface area contributed by atoms with E-state index in [-0.39, 0.29) is 48.8 Å². The second-order valence-electron chi connectivity index (χ2n) is 16.2. The lowest BCUT2D eigenvalue weighted by Gasteiger charge is -2.40. The van der Waals surface area contributed by atoms with Crippen molar-refractivity contribution in [2.45, 2.75) is 57.0 Å². The molecule has 0 spiro atoms. The first-order chi connectivity index (χ1) is 27.2. The number of aromatic hydroxyl groups is 1. The van der Waals surface area contributed by atoms with Crippen LogP contribution >= 0.6 is 0 Å². The standard InChI is InChI=1S/C45H48FN5O5/c1-28-3-2-4-31(21-28)37-27-56-41-23-34(52)9-10-35(41)43(37)30-5-7-33(8-6-30)49-15-13-29(14-16-49)25-48-17-19-50(20-18-48)40-22-32-26-51(45(55)36(32)24-38(40)46)39-11-12-42(53)47-44(39)54/h2-10,21-24,29,37,39,43,52H,11-20,25-27H2,1H3,(H,47,53,54)/t37-,39-,43-/m0/s1. The lowest BCUT2D eigenvalue weighted by molar-refractivity contribution is -0.136. The number of fused-ring (bicyclic) bond motifs is 2. The normalized spacial score (nSPS) is 23.1. The van der Waals surface area contributed by atoms with Crippen molar-refractivity contribution in [2.24, 2.45) is 5.92 Å². The number of rotatable bonds is 7. The van der Waals surface area contributed by atoms with Crippen LogP contribution in [0.5, 0.6) is 11.5 Å². The molecule has 0 radical (unpaired) electrons. The number of imide groups is 1. The second-order valence-corrected chi connectivity index (χ2v) is 16.2. The smallest absolute Gasteiger partial charge is 0.255 e. The van der Waals surface area contributed by atoms with Crippen LogP contribution in [-0.4, -0.2) is 91.1 Å². The van der Waals surface area contributed by atoms with Crippen molar-refractivity contribution in [1.29, 1.82) is 0 Å². The molecule has 56 heavy (non-hydrogen) atoms. The van der Waals surface area contributed by atoms with E-state index in [9.17, 15) is 19.5 Å². The minimum Gasteiger partial charge on any atom is -0.508 e. The molecular weight excluding hydrogens is 710 g/mol. The van der Waals surface area contributed by atoms with Crippen LogP contribution in [0.3, 0.4) is 0 Å². The highest BCUT2D eigenvalue weighted by Crippen LogP contribution is 2.47. The lowest BCUT2D eigenvalue weighted by Crippen LogP contribution is -2.52. The molecule has 5 aliphatic rings. The van der Waals surface area contributed by atoms with E-state index in [4.69, 9.17) is 4.74 Å². The molecule has 9 rings (SSSR count). The quantitative estimate of drug-likeness (QED) is 0.223. The average Bonchev–Trinajstić information content (AvgIpc) is 3.51. The van der Waals surface area contributed by atoms with Gasteiger partial charge in [-0.3, -0.25) is 24.6 Å². The Morgan fingerprint density at radius 2 is 1.62 bits per heavy atom. The van der Waals surface area contributed by atoms with Gasteiger partial charge in [0.25, 0.3) is 5.91 Å². The molecule has 0 unspecified atom stereocenters. The zero-order valence-electron chi connectivity index (χ0n) is 31.8. The third kappa shape index (κ3) is 6.97. The molecule has 5 heterocycles. The number of phenolic OH excluding ortho intramolecular Hbond substituents is 1. The van der Waals surface area contributed by atoms with Crippen LogP contribution < -0.4 is 19.9 Å².